The monoisotopic (exact) mass is 478 g/mol. The fourth-order valence-electron chi connectivity index (χ4n) is 2.56. The Labute approximate surface area is 180 Å². The van der Waals surface area contributed by atoms with Gasteiger partial charge in [-0.2, -0.15) is 0 Å². The van der Waals surface area contributed by atoms with Crippen LogP contribution in [-0.4, -0.2) is 27.6 Å². The minimum absolute atomic E-state index is 0.142. The Morgan fingerprint density at radius 2 is 1.86 bits per heavy atom. The summed E-state index contributed by atoms with van der Waals surface area (Å²) in [4.78, 5) is 26.7. The van der Waals surface area contributed by atoms with Gasteiger partial charge in [0, 0.05) is 23.1 Å². The van der Waals surface area contributed by atoms with Gasteiger partial charge < -0.3 is 5.32 Å². The van der Waals surface area contributed by atoms with Crippen LogP contribution in [0.4, 0.5) is 10.1 Å². The van der Waals surface area contributed by atoms with E-state index in [4.69, 9.17) is 12.2 Å². The molecule has 2 aromatic carbocycles. The van der Waals surface area contributed by atoms with E-state index in [-0.39, 0.29) is 24.1 Å². The molecule has 0 aromatic heterocycles. The van der Waals surface area contributed by atoms with E-state index in [2.05, 4.69) is 21.2 Å². The maximum absolute atomic E-state index is 12.9. The summed E-state index contributed by atoms with van der Waals surface area (Å²) in [6.07, 6.45) is 2.53. The van der Waals surface area contributed by atoms with Crippen LogP contribution in [0.25, 0.3) is 6.08 Å². The highest BCUT2D eigenvalue weighted by Gasteiger charge is 2.31. The lowest BCUT2D eigenvalue weighted by Crippen LogP contribution is -2.29. The van der Waals surface area contributed by atoms with Crippen LogP contribution in [0.5, 0.6) is 0 Å². The topological polar surface area (TPSA) is 49.4 Å². The SMILES string of the molecule is O=C(CCCN1C(=O)/C(=C\c2ccc(Br)cc2)SC1=S)Nc1ccc(F)cc1. The molecule has 0 saturated carbocycles. The summed E-state index contributed by atoms with van der Waals surface area (Å²) in [6.45, 7) is 0.374. The summed E-state index contributed by atoms with van der Waals surface area (Å²) in [5, 5.41) is 2.70. The van der Waals surface area contributed by atoms with Gasteiger partial charge in [0.05, 0.1) is 4.91 Å². The molecule has 8 heteroatoms. The molecule has 0 spiro atoms. The third-order valence-electron chi connectivity index (χ3n) is 3.95. The van der Waals surface area contributed by atoms with Crippen LogP contribution in [0, 0.1) is 5.82 Å². The lowest BCUT2D eigenvalue weighted by Gasteiger charge is -2.14. The van der Waals surface area contributed by atoms with Gasteiger partial charge in [-0.15, -0.1) is 0 Å². The van der Waals surface area contributed by atoms with E-state index in [9.17, 15) is 14.0 Å². The van der Waals surface area contributed by atoms with Crippen molar-refractivity contribution in [3.05, 3.63) is 69.3 Å². The smallest absolute Gasteiger partial charge is 0.266 e. The van der Waals surface area contributed by atoms with Gasteiger partial charge in [0.15, 0.2) is 0 Å². The molecule has 1 N–H and O–H groups in total. The maximum atomic E-state index is 12.9. The molecule has 0 unspecified atom stereocenters. The van der Waals surface area contributed by atoms with E-state index in [0.29, 0.717) is 27.9 Å². The van der Waals surface area contributed by atoms with Gasteiger partial charge in [-0.05, 0) is 54.5 Å². The third kappa shape index (κ3) is 5.50. The van der Waals surface area contributed by atoms with E-state index >= 15 is 0 Å². The van der Waals surface area contributed by atoms with Crippen LogP contribution in [0.1, 0.15) is 18.4 Å². The zero-order valence-corrected chi connectivity index (χ0v) is 17.9. The molecule has 28 heavy (non-hydrogen) atoms. The number of amides is 2. The highest BCUT2D eigenvalue weighted by atomic mass is 79.9. The number of hydrogen-bond acceptors (Lipinski definition) is 4. The summed E-state index contributed by atoms with van der Waals surface area (Å²) in [6, 6.07) is 13.2. The summed E-state index contributed by atoms with van der Waals surface area (Å²) in [5.41, 5.74) is 1.46. The van der Waals surface area contributed by atoms with Crippen molar-refractivity contribution < 1.29 is 14.0 Å². The van der Waals surface area contributed by atoms with Gasteiger partial charge in [0.1, 0.15) is 10.1 Å². The highest BCUT2D eigenvalue weighted by molar-refractivity contribution is 9.10. The van der Waals surface area contributed by atoms with E-state index < -0.39 is 0 Å². The molecular formula is C20H16BrFN2O2S2. The number of anilines is 1. The highest BCUT2D eigenvalue weighted by Crippen LogP contribution is 2.32. The number of thiocarbonyl (C=S) groups is 1. The minimum Gasteiger partial charge on any atom is -0.326 e. The summed E-state index contributed by atoms with van der Waals surface area (Å²) < 4.78 is 14.4. The number of halogens is 2. The van der Waals surface area contributed by atoms with Crippen LogP contribution in [0.15, 0.2) is 57.9 Å². The molecule has 2 amide bonds. The van der Waals surface area contributed by atoms with Gasteiger partial charge in [-0.3, -0.25) is 14.5 Å². The van der Waals surface area contributed by atoms with Crippen LogP contribution in [0.2, 0.25) is 0 Å². The Bertz CT molecular complexity index is 930. The number of nitrogens with zero attached hydrogens (tertiary/aromatic N) is 1. The normalized spacial score (nSPS) is 15.4. The van der Waals surface area contributed by atoms with Crippen molar-refractivity contribution in [3.8, 4) is 0 Å². The second-order valence-electron chi connectivity index (χ2n) is 6.04. The van der Waals surface area contributed by atoms with Crippen molar-refractivity contribution in [2.45, 2.75) is 12.8 Å². The third-order valence-corrected chi connectivity index (χ3v) is 5.86. The molecule has 1 aliphatic rings. The summed E-state index contributed by atoms with van der Waals surface area (Å²) in [7, 11) is 0. The first kappa shape index (κ1) is 20.7. The second-order valence-corrected chi connectivity index (χ2v) is 8.63. The molecule has 1 fully saturated rings. The predicted molar refractivity (Wildman–Crippen MR) is 118 cm³/mol. The molecule has 2 aromatic rings. The first-order chi connectivity index (χ1) is 13.4. The van der Waals surface area contributed by atoms with Crippen LogP contribution in [0.3, 0.4) is 0 Å². The number of hydrogen-bond donors (Lipinski definition) is 1. The molecule has 0 bridgehead atoms. The molecule has 1 heterocycles. The van der Waals surface area contributed by atoms with Crippen molar-refractivity contribution >= 4 is 67.8 Å². The van der Waals surface area contributed by atoms with Crippen molar-refractivity contribution in [2.24, 2.45) is 0 Å². The fraction of sp³-hybridized carbons (Fsp3) is 0.150. The predicted octanol–water partition coefficient (Wildman–Crippen LogP) is 5.21. The Balaban J connectivity index is 1.52. The molecule has 0 radical (unpaired) electrons. The zero-order chi connectivity index (χ0) is 20.1. The van der Waals surface area contributed by atoms with Gasteiger partial charge in [0.2, 0.25) is 5.91 Å². The van der Waals surface area contributed by atoms with Crippen LogP contribution < -0.4 is 5.32 Å². The molecule has 4 nitrogen and oxygen atoms in total. The maximum Gasteiger partial charge on any atom is 0.266 e. The van der Waals surface area contributed by atoms with Crippen LogP contribution >= 0.6 is 39.9 Å². The minimum atomic E-state index is -0.358. The molecule has 3 rings (SSSR count). The van der Waals surface area contributed by atoms with Gasteiger partial charge >= 0.3 is 0 Å². The van der Waals surface area contributed by atoms with E-state index in [1.54, 1.807) is 0 Å². The number of carbonyl (C=O) groups excluding carboxylic acids is 2. The number of carbonyl (C=O) groups is 2. The average molecular weight is 479 g/mol. The van der Waals surface area contributed by atoms with Crippen molar-refractivity contribution in [3.63, 3.8) is 0 Å². The van der Waals surface area contributed by atoms with E-state index in [1.165, 1.54) is 40.9 Å². The Hall–Kier alpha value is -2.03. The van der Waals surface area contributed by atoms with E-state index in [0.717, 1.165) is 10.0 Å². The standard InChI is InChI=1S/C20H16BrFN2O2S2/c21-14-5-3-13(4-6-14)12-17-19(26)24(20(27)28-17)11-1-2-18(25)23-16-9-7-15(22)8-10-16/h3-10,12H,1-2,11H2,(H,23,25)/b17-12+. The largest absolute Gasteiger partial charge is 0.326 e. The molecule has 1 aliphatic heterocycles. The lowest BCUT2D eigenvalue weighted by molar-refractivity contribution is -0.122. The lowest BCUT2D eigenvalue weighted by atomic mass is 10.2. The Morgan fingerprint density at radius 3 is 2.54 bits per heavy atom. The molecule has 0 aliphatic carbocycles. The second kappa shape index (κ2) is 9.45. The van der Waals surface area contributed by atoms with Gasteiger partial charge in [-0.25, -0.2) is 4.39 Å². The molecular weight excluding hydrogens is 463 g/mol. The van der Waals surface area contributed by atoms with Crippen molar-refractivity contribution in [1.29, 1.82) is 0 Å². The number of benzene rings is 2. The van der Waals surface area contributed by atoms with Gasteiger partial charge in [-0.1, -0.05) is 52.0 Å². The summed E-state index contributed by atoms with van der Waals surface area (Å²) >= 11 is 9.96. The zero-order valence-electron chi connectivity index (χ0n) is 14.7. The van der Waals surface area contributed by atoms with Crippen LogP contribution in [-0.2, 0) is 9.59 Å². The number of rotatable bonds is 6. The first-order valence-electron chi connectivity index (χ1n) is 8.49. The van der Waals surface area contributed by atoms with E-state index in [1.807, 2.05) is 30.3 Å². The van der Waals surface area contributed by atoms with Crippen molar-refractivity contribution in [1.82, 2.24) is 4.90 Å². The summed E-state index contributed by atoms with van der Waals surface area (Å²) in [5.74, 6) is -0.692. The molecule has 144 valence electrons. The van der Waals surface area contributed by atoms with Crippen molar-refractivity contribution in [2.75, 3.05) is 11.9 Å². The van der Waals surface area contributed by atoms with Gasteiger partial charge in [0.25, 0.3) is 5.91 Å². The number of nitrogens with one attached hydrogen (secondary N) is 1. The Morgan fingerprint density at radius 1 is 1.18 bits per heavy atom. The first-order valence-corrected chi connectivity index (χ1v) is 10.5. The average Bonchev–Trinajstić information content (AvgIpc) is 2.93. The quantitative estimate of drug-likeness (QED) is 0.457. The number of thioether (sulfide) groups is 1. The fourth-order valence-corrected chi connectivity index (χ4v) is 4.13. The Kier molecular flexibility index (Phi) is 6.98. The molecule has 1 saturated heterocycles. The molecule has 0 atom stereocenters.